The average Bonchev–Trinajstić information content (AvgIpc) is 2.33. The first-order chi connectivity index (χ1) is 7.90. The zero-order chi connectivity index (χ0) is 11.2. The third-order valence-electron chi connectivity index (χ3n) is 3.33. The molecule has 0 spiro atoms. The molecule has 0 aromatic heterocycles. The van der Waals surface area contributed by atoms with Crippen molar-refractivity contribution in [1.29, 1.82) is 0 Å². The molecule has 16 heavy (non-hydrogen) atoms. The maximum absolute atomic E-state index is 5.44. The highest BCUT2D eigenvalue weighted by Gasteiger charge is 2.21. The van der Waals surface area contributed by atoms with Gasteiger partial charge in [-0.15, -0.1) is 0 Å². The van der Waals surface area contributed by atoms with Crippen molar-refractivity contribution in [2.45, 2.75) is 31.8 Å². The highest BCUT2D eigenvalue weighted by Crippen LogP contribution is 2.18. The molecule has 1 aromatic rings. The van der Waals surface area contributed by atoms with Crippen LogP contribution in [0.2, 0.25) is 0 Å². The molecular formula is C13H21N3. The molecule has 1 atom stereocenters. The lowest BCUT2D eigenvalue weighted by Crippen LogP contribution is -2.46. The van der Waals surface area contributed by atoms with E-state index in [9.17, 15) is 0 Å². The van der Waals surface area contributed by atoms with Gasteiger partial charge in [-0.3, -0.25) is 16.2 Å². The lowest BCUT2D eigenvalue weighted by molar-refractivity contribution is 0.138. The van der Waals surface area contributed by atoms with Gasteiger partial charge in [-0.25, -0.2) is 0 Å². The molecule has 0 bridgehead atoms. The summed E-state index contributed by atoms with van der Waals surface area (Å²) < 4.78 is 0. The van der Waals surface area contributed by atoms with Crippen LogP contribution in [0.15, 0.2) is 30.3 Å². The molecule has 3 nitrogen and oxygen atoms in total. The SMILES string of the molecule is NNC[C@@H]1CCCCN1Cc1ccccc1. The lowest BCUT2D eigenvalue weighted by Gasteiger charge is -2.35. The molecule has 0 unspecified atom stereocenters. The van der Waals surface area contributed by atoms with Crippen LogP contribution in [0.1, 0.15) is 24.8 Å². The van der Waals surface area contributed by atoms with E-state index in [4.69, 9.17) is 5.84 Å². The van der Waals surface area contributed by atoms with Crippen LogP contribution < -0.4 is 11.3 Å². The van der Waals surface area contributed by atoms with E-state index >= 15 is 0 Å². The number of hydrazine groups is 1. The number of benzene rings is 1. The summed E-state index contributed by atoms with van der Waals surface area (Å²) in [5.74, 6) is 5.44. The smallest absolute Gasteiger partial charge is 0.0254 e. The van der Waals surface area contributed by atoms with E-state index in [0.717, 1.165) is 13.1 Å². The van der Waals surface area contributed by atoms with Gasteiger partial charge >= 0.3 is 0 Å². The van der Waals surface area contributed by atoms with Gasteiger partial charge in [0.1, 0.15) is 0 Å². The third-order valence-corrected chi connectivity index (χ3v) is 3.33. The van der Waals surface area contributed by atoms with Gasteiger partial charge in [0.05, 0.1) is 0 Å². The minimum absolute atomic E-state index is 0.596. The Morgan fingerprint density at radius 2 is 2.06 bits per heavy atom. The van der Waals surface area contributed by atoms with Crippen molar-refractivity contribution in [3.8, 4) is 0 Å². The maximum Gasteiger partial charge on any atom is 0.0254 e. The topological polar surface area (TPSA) is 41.3 Å². The van der Waals surface area contributed by atoms with Gasteiger partial charge in [0.25, 0.3) is 0 Å². The number of hydrogen-bond donors (Lipinski definition) is 2. The monoisotopic (exact) mass is 219 g/mol. The van der Waals surface area contributed by atoms with E-state index in [1.807, 2.05) is 0 Å². The Hall–Kier alpha value is -0.900. The molecule has 1 fully saturated rings. The molecule has 1 aromatic carbocycles. The molecular weight excluding hydrogens is 198 g/mol. The highest BCUT2D eigenvalue weighted by molar-refractivity contribution is 5.14. The van der Waals surface area contributed by atoms with Crippen molar-refractivity contribution in [2.75, 3.05) is 13.1 Å². The van der Waals surface area contributed by atoms with E-state index in [1.54, 1.807) is 0 Å². The van der Waals surface area contributed by atoms with Crippen LogP contribution in [0.25, 0.3) is 0 Å². The van der Waals surface area contributed by atoms with Crippen LogP contribution in [0.5, 0.6) is 0 Å². The van der Waals surface area contributed by atoms with Gasteiger partial charge in [-0.05, 0) is 24.9 Å². The van der Waals surface area contributed by atoms with Gasteiger partial charge in [-0.1, -0.05) is 36.8 Å². The highest BCUT2D eigenvalue weighted by atomic mass is 15.3. The zero-order valence-electron chi connectivity index (χ0n) is 9.73. The number of piperidine rings is 1. The first-order valence-electron chi connectivity index (χ1n) is 6.11. The van der Waals surface area contributed by atoms with Gasteiger partial charge in [-0.2, -0.15) is 0 Å². The Morgan fingerprint density at radius 1 is 1.25 bits per heavy atom. The van der Waals surface area contributed by atoms with Crippen LogP contribution >= 0.6 is 0 Å². The number of nitrogens with zero attached hydrogens (tertiary/aromatic N) is 1. The summed E-state index contributed by atoms with van der Waals surface area (Å²) in [4.78, 5) is 2.54. The average molecular weight is 219 g/mol. The van der Waals surface area contributed by atoms with Gasteiger partial charge in [0.2, 0.25) is 0 Å². The Morgan fingerprint density at radius 3 is 2.81 bits per heavy atom. The fraction of sp³-hybridized carbons (Fsp3) is 0.538. The van der Waals surface area contributed by atoms with Crippen LogP contribution in [-0.4, -0.2) is 24.0 Å². The fourth-order valence-corrected chi connectivity index (χ4v) is 2.45. The van der Waals surface area contributed by atoms with E-state index < -0.39 is 0 Å². The van der Waals surface area contributed by atoms with Crippen LogP contribution in [0, 0.1) is 0 Å². The summed E-state index contributed by atoms with van der Waals surface area (Å²) in [6.07, 6.45) is 3.91. The molecule has 0 saturated carbocycles. The number of rotatable bonds is 4. The summed E-state index contributed by atoms with van der Waals surface area (Å²) in [5, 5.41) is 0. The number of hydrogen-bond acceptors (Lipinski definition) is 3. The van der Waals surface area contributed by atoms with Crippen molar-refractivity contribution < 1.29 is 0 Å². The number of nitrogens with two attached hydrogens (primary N) is 1. The number of nitrogens with one attached hydrogen (secondary N) is 1. The second kappa shape index (κ2) is 5.99. The summed E-state index contributed by atoms with van der Waals surface area (Å²) in [5.41, 5.74) is 4.21. The molecule has 0 radical (unpaired) electrons. The molecule has 0 aliphatic carbocycles. The molecule has 2 rings (SSSR count). The summed E-state index contributed by atoms with van der Waals surface area (Å²) in [7, 11) is 0. The minimum atomic E-state index is 0.596. The Balaban J connectivity index is 1.96. The molecule has 1 aliphatic heterocycles. The lowest BCUT2D eigenvalue weighted by atomic mass is 10.0. The number of likely N-dealkylation sites (tertiary alicyclic amines) is 1. The largest absolute Gasteiger partial charge is 0.295 e. The molecule has 1 heterocycles. The third kappa shape index (κ3) is 3.04. The van der Waals surface area contributed by atoms with Crippen molar-refractivity contribution >= 4 is 0 Å². The second-order valence-corrected chi connectivity index (χ2v) is 4.51. The zero-order valence-corrected chi connectivity index (χ0v) is 9.73. The quantitative estimate of drug-likeness (QED) is 0.595. The standard InChI is InChI=1S/C13H21N3/c14-15-10-13-8-4-5-9-16(13)11-12-6-2-1-3-7-12/h1-3,6-7,13,15H,4-5,8-11,14H2/t13-/m0/s1. The van der Waals surface area contributed by atoms with E-state index in [0.29, 0.717) is 6.04 Å². The molecule has 3 heteroatoms. The molecule has 1 saturated heterocycles. The Kier molecular flexibility index (Phi) is 4.34. The van der Waals surface area contributed by atoms with E-state index in [2.05, 4.69) is 40.7 Å². The van der Waals surface area contributed by atoms with E-state index in [1.165, 1.54) is 31.4 Å². The van der Waals surface area contributed by atoms with Crippen molar-refractivity contribution in [2.24, 2.45) is 5.84 Å². The molecule has 0 amide bonds. The minimum Gasteiger partial charge on any atom is -0.295 e. The fourth-order valence-electron chi connectivity index (χ4n) is 2.45. The first kappa shape index (κ1) is 11.6. The molecule has 88 valence electrons. The van der Waals surface area contributed by atoms with Gasteiger partial charge in [0.15, 0.2) is 0 Å². The van der Waals surface area contributed by atoms with Crippen LogP contribution in [0.4, 0.5) is 0 Å². The van der Waals surface area contributed by atoms with Crippen molar-refractivity contribution in [3.05, 3.63) is 35.9 Å². The van der Waals surface area contributed by atoms with Crippen molar-refractivity contribution in [3.63, 3.8) is 0 Å². The Bertz CT molecular complexity index is 297. The predicted octanol–water partition coefficient (Wildman–Crippen LogP) is 1.50. The summed E-state index contributed by atoms with van der Waals surface area (Å²) >= 11 is 0. The Labute approximate surface area is 97.6 Å². The maximum atomic E-state index is 5.44. The molecule has 3 N–H and O–H groups in total. The molecule has 1 aliphatic rings. The van der Waals surface area contributed by atoms with Crippen molar-refractivity contribution in [1.82, 2.24) is 10.3 Å². The normalized spacial score (nSPS) is 22.2. The van der Waals surface area contributed by atoms with Gasteiger partial charge in [0, 0.05) is 19.1 Å². The van der Waals surface area contributed by atoms with Crippen LogP contribution in [-0.2, 0) is 6.54 Å². The van der Waals surface area contributed by atoms with Crippen LogP contribution in [0.3, 0.4) is 0 Å². The summed E-state index contributed by atoms with van der Waals surface area (Å²) in [6.45, 7) is 3.14. The van der Waals surface area contributed by atoms with E-state index in [-0.39, 0.29) is 0 Å². The second-order valence-electron chi connectivity index (χ2n) is 4.51. The summed E-state index contributed by atoms with van der Waals surface area (Å²) in [6, 6.07) is 11.3. The predicted molar refractivity (Wildman–Crippen MR) is 66.7 cm³/mol. The van der Waals surface area contributed by atoms with Gasteiger partial charge < -0.3 is 0 Å². The first-order valence-corrected chi connectivity index (χ1v) is 6.11.